The van der Waals surface area contributed by atoms with Gasteiger partial charge in [-0.25, -0.2) is 0 Å². The van der Waals surface area contributed by atoms with Gasteiger partial charge in [-0.3, -0.25) is 4.99 Å². The summed E-state index contributed by atoms with van der Waals surface area (Å²) in [6, 6.07) is 7.42. The Morgan fingerprint density at radius 2 is 2.28 bits per heavy atom. The molecule has 1 aromatic rings. The fourth-order valence-corrected chi connectivity index (χ4v) is 2.56. The lowest BCUT2D eigenvalue weighted by molar-refractivity contribution is 0.210. The van der Waals surface area contributed by atoms with Gasteiger partial charge in [-0.2, -0.15) is 0 Å². The van der Waals surface area contributed by atoms with E-state index in [9.17, 15) is 5.11 Å². The molecular weight excluding hydrogens is 228 g/mol. The van der Waals surface area contributed by atoms with E-state index in [-0.39, 0.29) is 6.10 Å². The Balaban J connectivity index is 1.59. The number of nitrogens with one attached hydrogen (secondary N) is 1. The van der Waals surface area contributed by atoms with Crippen molar-refractivity contribution < 1.29 is 9.84 Å². The Morgan fingerprint density at radius 1 is 1.39 bits per heavy atom. The van der Waals surface area contributed by atoms with Gasteiger partial charge in [0.05, 0.1) is 6.54 Å². The van der Waals surface area contributed by atoms with E-state index in [1.807, 2.05) is 18.2 Å². The van der Waals surface area contributed by atoms with Crippen molar-refractivity contribution in [3.63, 3.8) is 0 Å². The number of aromatic hydroxyl groups is 1. The second kappa shape index (κ2) is 4.98. The molecule has 0 amide bonds. The van der Waals surface area contributed by atoms with Gasteiger partial charge in [-0.1, -0.05) is 18.2 Å². The molecule has 0 saturated carbocycles. The lowest BCUT2D eigenvalue weighted by Gasteiger charge is -2.14. The molecule has 2 atom stereocenters. The highest BCUT2D eigenvalue weighted by atomic mass is 16.5. The minimum absolute atomic E-state index is 0.0777. The molecule has 4 nitrogen and oxygen atoms in total. The van der Waals surface area contributed by atoms with Crippen LogP contribution in [0.4, 0.5) is 0 Å². The molecule has 2 heterocycles. The van der Waals surface area contributed by atoms with E-state index in [0.717, 1.165) is 37.4 Å². The molecule has 0 spiro atoms. The molecule has 2 aliphatic heterocycles. The minimum Gasteiger partial charge on any atom is -0.508 e. The lowest BCUT2D eigenvalue weighted by Crippen LogP contribution is -2.22. The number of benzene rings is 1. The van der Waals surface area contributed by atoms with Gasteiger partial charge >= 0.3 is 0 Å². The Morgan fingerprint density at radius 3 is 3.06 bits per heavy atom. The van der Waals surface area contributed by atoms with Crippen LogP contribution in [0.25, 0.3) is 0 Å². The van der Waals surface area contributed by atoms with Gasteiger partial charge in [0.25, 0.3) is 0 Å². The molecule has 2 aliphatic rings. The largest absolute Gasteiger partial charge is 0.508 e. The smallest absolute Gasteiger partial charge is 0.188 e. The van der Waals surface area contributed by atoms with Crippen LogP contribution in [0.15, 0.2) is 29.3 Å². The van der Waals surface area contributed by atoms with Crippen molar-refractivity contribution in [1.82, 2.24) is 5.32 Å². The van der Waals surface area contributed by atoms with Crippen LogP contribution >= 0.6 is 0 Å². The summed E-state index contributed by atoms with van der Waals surface area (Å²) in [6.07, 6.45) is 1.91. The predicted molar refractivity (Wildman–Crippen MR) is 70.0 cm³/mol. The third-order valence-electron chi connectivity index (χ3n) is 3.59. The maximum Gasteiger partial charge on any atom is 0.188 e. The molecule has 0 bridgehead atoms. The minimum atomic E-state index is 0.0777. The number of phenolic OH excluding ortho intramolecular Hbond substituents is 1. The van der Waals surface area contributed by atoms with Crippen LogP contribution in [0.5, 0.6) is 5.75 Å². The molecule has 4 heteroatoms. The average Bonchev–Trinajstić information content (AvgIpc) is 3.02. The molecule has 0 aliphatic carbocycles. The zero-order valence-corrected chi connectivity index (χ0v) is 10.3. The van der Waals surface area contributed by atoms with Crippen LogP contribution in [0.2, 0.25) is 0 Å². The summed E-state index contributed by atoms with van der Waals surface area (Å²) in [5, 5.41) is 13.1. The quantitative estimate of drug-likeness (QED) is 0.846. The van der Waals surface area contributed by atoms with E-state index < -0.39 is 0 Å². The summed E-state index contributed by atoms with van der Waals surface area (Å²) in [5.41, 5.74) is 0.934. The molecule has 96 valence electrons. The summed E-state index contributed by atoms with van der Waals surface area (Å²) < 4.78 is 5.90. The summed E-state index contributed by atoms with van der Waals surface area (Å²) >= 11 is 0. The number of phenols is 1. The summed E-state index contributed by atoms with van der Waals surface area (Å²) in [5.74, 6) is 1.69. The first-order chi connectivity index (χ1) is 8.83. The van der Waals surface area contributed by atoms with E-state index >= 15 is 0 Å². The zero-order chi connectivity index (χ0) is 12.4. The van der Waals surface area contributed by atoms with Crippen LogP contribution < -0.4 is 5.32 Å². The van der Waals surface area contributed by atoms with Crippen molar-refractivity contribution >= 4 is 5.90 Å². The number of para-hydroxylation sites is 1. The number of ether oxygens (including phenoxy) is 1. The second-order valence-corrected chi connectivity index (χ2v) is 4.94. The molecule has 2 unspecified atom stereocenters. The predicted octanol–water partition coefficient (Wildman–Crippen LogP) is 1.34. The van der Waals surface area contributed by atoms with Crippen LogP contribution in [-0.4, -0.2) is 36.7 Å². The number of hydrogen-bond acceptors (Lipinski definition) is 4. The Kier molecular flexibility index (Phi) is 3.19. The van der Waals surface area contributed by atoms with Crippen LogP contribution in [-0.2, 0) is 11.2 Å². The summed E-state index contributed by atoms with van der Waals surface area (Å²) in [7, 11) is 0. The number of nitrogens with zero attached hydrogens (tertiary/aromatic N) is 1. The Hall–Kier alpha value is -1.55. The van der Waals surface area contributed by atoms with Crippen molar-refractivity contribution in [1.29, 1.82) is 0 Å². The van der Waals surface area contributed by atoms with Crippen molar-refractivity contribution in [2.24, 2.45) is 10.9 Å². The van der Waals surface area contributed by atoms with Gasteiger partial charge in [0.2, 0.25) is 0 Å². The van der Waals surface area contributed by atoms with E-state index in [2.05, 4.69) is 10.3 Å². The molecule has 1 saturated heterocycles. The first-order valence-electron chi connectivity index (χ1n) is 6.51. The normalized spacial score (nSPS) is 27.0. The van der Waals surface area contributed by atoms with Gasteiger partial charge in [-0.15, -0.1) is 0 Å². The monoisotopic (exact) mass is 246 g/mol. The highest BCUT2D eigenvalue weighted by molar-refractivity contribution is 5.80. The molecule has 0 aromatic heterocycles. The maximum absolute atomic E-state index is 9.75. The van der Waals surface area contributed by atoms with Crippen molar-refractivity contribution in [3.8, 4) is 5.75 Å². The summed E-state index contributed by atoms with van der Waals surface area (Å²) in [6.45, 7) is 2.74. The van der Waals surface area contributed by atoms with E-state index in [0.29, 0.717) is 18.2 Å². The SMILES string of the molecule is Oc1ccccc1CC1CN=C(C2CCNC2)O1. The van der Waals surface area contributed by atoms with Gasteiger partial charge in [0, 0.05) is 18.9 Å². The summed E-state index contributed by atoms with van der Waals surface area (Å²) in [4.78, 5) is 4.50. The van der Waals surface area contributed by atoms with Crippen molar-refractivity contribution in [3.05, 3.63) is 29.8 Å². The molecule has 2 N–H and O–H groups in total. The highest BCUT2D eigenvalue weighted by Gasteiger charge is 2.29. The van der Waals surface area contributed by atoms with E-state index in [1.54, 1.807) is 6.07 Å². The molecule has 1 aromatic carbocycles. The Bertz CT molecular complexity index is 453. The number of rotatable bonds is 3. The standard InChI is InChI=1S/C14H18N2O2/c17-13-4-2-1-3-10(13)7-12-9-16-14(18-12)11-5-6-15-8-11/h1-4,11-12,15,17H,5-9H2. The van der Waals surface area contributed by atoms with E-state index in [1.165, 1.54) is 0 Å². The zero-order valence-electron chi connectivity index (χ0n) is 10.3. The topological polar surface area (TPSA) is 53.9 Å². The van der Waals surface area contributed by atoms with Gasteiger partial charge in [-0.05, 0) is 24.6 Å². The van der Waals surface area contributed by atoms with E-state index in [4.69, 9.17) is 4.74 Å². The van der Waals surface area contributed by atoms with Gasteiger partial charge in [0.1, 0.15) is 11.9 Å². The number of hydrogen-bond donors (Lipinski definition) is 2. The third-order valence-corrected chi connectivity index (χ3v) is 3.59. The molecule has 18 heavy (non-hydrogen) atoms. The average molecular weight is 246 g/mol. The third kappa shape index (κ3) is 2.34. The lowest BCUT2D eigenvalue weighted by atomic mass is 10.1. The fraction of sp³-hybridized carbons (Fsp3) is 0.500. The first kappa shape index (κ1) is 11.5. The van der Waals surface area contributed by atoms with Crippen molar-refractivity contribution in [2.45, 2.75) is 18.9 Å². The molecule has 1 fully saturated rings. The fourth-order valence-electron chi connectivity index (χ4n) is 2.56. The molecule has 3 rings (SSSR count). The first-order valence-corrected chi connectivity index (χ1v) is 6.51. The Labute approximate surface area is 107 Å². The van der Waals surface area contributed by atoms with Crippen molar-refractivity contribution in [2.75, 3.05) is 19.6 Å². The highest BCUT2D eigenvalue weighted by Crippen LogP contribution is 2.23. The molecule has 0 radical (unpaired) electrons. The van der Waals surface area contributed by atoms with Crippen LogP contribution in [0.3, 0.4) is 0 Å². The second-order valence-electron chi connectivity index (χ2n) is 4.94. The van der Waals surface area contributed by atoms with Gasteiger partial charge in [0.15, 0.2) is 5.90 Å². The van der Waals surface area contributed by atoms with Crippen LogP contribution in [0.1, 0.15) is 12.0 Å². The van der Waals surface area contributed by atoms with Crippen LogP contribution in [0, 0.1) is 5.92 Å². The van der Waals surface area contributed by atoms with Gasteiger partial charge < -0.3 is 15.2 Å². The maximum atomic E-state index is 9.75. The molecular formula is C14H18N2O2. The number of aliphatic imine (C=N–C) groups is 1.